The van der Waals surface area contributed by atoms with Crippen molar-refractivity contribution in [2.75, 3.05) is 25.1 Å². The lowest BCUT2D eigenvalue weighted by molar-refractivity contribution is 0.0986. The number of hydrogen-bond donors (Lipinski definition) is 1. The van der Waals surface area contributed by atoms with E-state index in [1.165, 1.54) is 25.3 Å². The third kappa shape index (κ3) is 3.25. The quantitative estimate of drug-likeness (QED) is 0.887. The highest BCUT2D eigenvalue weighted by Gasteiger charge is 2.28. The van der Waals surface area contributed by atoms with Crippen LogP contribution in [-0.2, 0) is 16.4 Å². The molecular weight excluding hydrogens is 340 g/mol. The normalized spacial score (nSPS) is 13.6. The van der Waals surface area contributed by atoms with E-state index >= 15 is 0 Å². The number of ether oxygens (including phenoxy) is 1. The van der Waals surface area contributed by atoms with E-state index in [-0.39, 0.29) is 22.9 Å². The molecule has 0 aromatic heterocycles. The van der Waals surface area contributed by atoms with Gasteiger partial charge in [-0.15, -0.1) is 0 Å². The molecule has 0 saturated heterocycles. The molecule has 1 N–H and O–H groups in total. The average molecular weight is 360 g/mol. The SMILES string of the molecule is CCNS(=O)(=O)c1ccc(OC)c(C(=O)N2CCc3ccccc32)c1. The molecule has 2 aromatic carbocycles. The van der Waals surface area contributed by atoms with Gasteiger partial charge in [0.2, 0.25) is 10.0 Å². The molecule has 25 heavy (non-hydrogen) atoms. The molecule has 1 amide bonds. The molecule has 132 valence electrons. The number of fused-ring (bicyclic) bond motifs is 1. The van der Waals surface area contributed by atoms with E-state index in [4.69, 9.17) is 4.74 Å². The second-order valence-corrected chi connectivity index (χ2v) is 7.47. The van der Waals surface area contributed by atoms with Gasteiger partial charge >= 0.3 is 0 Å². The van der Waals surface area contributed by atoms with Crippen molar-refractivity contribution in [3.63, 3.8) is 0 Å². The molecule has 0 bridgehead atoms. The van der Waals surface area contributed by atoms with Crippen molar-refractivity contribution in [2.24, 2.45) is 0 Å². The molecule has 6 nitrogen and oxygen atoms in total. The fourth-order valence-electron chi connectivity index (χ4n) is 2.99. The Bertz CT molecular complexity index is 909. The van der Waals surface area contributed by atoms with Crippen molar-refractivity contribution < 1.29 is 17.9 Å². The maximum atomic E-state index is 13.1. The number of methoxy groups -OCH3 is 1. The van der Waals surface area contributed by atoms with Crippen LogP contribution < -0.4 is 14.4 Å². The molecule has 0 spiro atoms. The number of anilines is 1. The Hall–Kier alpha value is -2.38. The molecule has 0 saturated carbocycles. The number of hydrogen-bond acceptors (Lipinski definition) is 4. The zero-order chi connectivity index (χ0) is 18.0. The van der Waals surface area contributed by atoms with Gasteiger partial charge in [-0.05, 0) is 36.2 Å². The number of benzene rings is 2. The predicted octanol–water partition coefficient (Wildman–Crippen LogP) is 2.20. The molecule has 0 radical (unpaired) electrons. The Morgan fingerprint density at radius 1 is 1.24 bits per heavy atom. The van der Waals surface area contributed by atoms with Gasteiger partial charge in [-0.1, -0.05) is 25.1 Å². The Balaban J connectivity index is 2.03. The Morgan fingerprint density at radius 3 is 2.72 bits per heavy atom. The van der Waals surface area contributed by atoms with Crippen molar-refractivity contribution in [1.29, 1.82) is 0 Å². The maximum Gasteiger partial charge on any atom is 0.262 e. The summed E-state index contributed by atoms with van der Waals surface area (Å²) in [5, 5.41) is 0. The number of nitrogens with one attached hydrogen (secondary N) is 1. The molecule has 2 aromatic rings. The highest BCUT2D eigenvalue weighted by molar-refractivity contribution is 7.89. The van der Waals surface area contributed by atoms with E-state index in [0.717, 1.165) is 17.7 Å². The molecule has 0 aliphatic carbocycles. The first-order valence-corrected chi connectivity index (χ1v) is 9.53. The van der Waals surface area contributed by atoms with Crippen LogP contribution in [0.4, 0.5) is 5.69 Å². The van der Waals surface area contributed by atoms with E-state index in [0.29, 0.717) is 12.3 Å². The average Bonchev–Trinajstić information content (AvgIpc) is 3.04. The fraction of sp³-hybridized carbons (Fsp3) is 0.278. The molecule has 0 atom stereocenters. The smallest absolute Gasteiger partial charge is 0.262 e. The summed E-state index contributed by atoms with van der Waals surface area (Å²) < 4.78 is 32.2. The van der Waals surface area contributed by atoms with Gasteiger partial charge in [0, 0.05) is 18.8 Å². The lowest BCUT2D eigenvalue weighted by Gasteiger charge is -2.19. The van der Waals surface area contributed by atoms with Crippen LogP contribution in [0, 0.1) is 0 Å². The molecule has 0 unspecified atom stereocenters. The minimum atomic E-state index is -3.65. The van der Waals surface area contributed by atoms with E-state index in [1.807, 2.05) is 24.3 Å². The lowest BCUT2D eigenvalue weighted by Crippen LogP contribution is -2.30. The summed E-state index contributed by atoms with van der Waals surface area (Å²) in [6, 6.07) is 12.0. The molecule has 1 aliphatic heterocycles. The number of para-hydroxylation sites is 1. The van der Waals surface area contributed by atoms with Gasteiger partial charge in [-0.25, -0.2) is 13.1 Å². The second kappa shape index (κ2) is 6.85. The highest BCUT2D eigenvalue weighted by atomic mass is 32.2. The van der Waals surface area contributed by atoms with E-state index < -0.39 is 10.0 Å². The summed E-state index contributed by atoms with van der Waals surface area (Å²) in [7, 11) is -2.19. The first kappa shape index (κ1) is 17.4. The van der Waals surface area contributed by atoms with Crippen LogP contribution in [0.2, 0.25) is 0 Å². The van der Waals surface area contributed by atoms with Crippen LogP contribution in [-0.4, -0.2) is 34.5 Å². The van der Waals surface area contributed by atoms with E-state index in [9.17, 15) is 13.2 Å². The summed E-state index contributed by atoms with van der Waals surface area (Å²) in [6.45, 7) is 2.54. The maximum absolute atomic E-state index is 13.1. The van der Waals surface area contributed by atoms with Crippen LogP contribution in [0.5, 0.6) is 5.75 Å². The first-order valence-electron chi connectivity index (χ1n) is 8.05. The van der Waals surface area contributed by atoms with Gasteiger partial charge < -0.3 is 9.64 Å². The number of sulfonamides is 1. The molecule has 7 heteroatoms. The number of carbonyl (C=O) groups is 1. The minimum absolute atomic E-state index is 0.0472. The summed E-state index contributed by atoms with van der Waals surface area (Å²) in [4.78, 5) is 14.8. The predicted molar refractivity (Wildman–Crippen MR) is 95.7 cm³/mol. The second-order valence-electron chi connectivity index (χ2n) is 5.70. The van der Waals surface area contributed by atoms with Gasteiger partial charge in [0.25, 0.3) is 5.91 Å². The van der Waals surface area contributed by atoms with Crippen molar-refractivity contribution in [3.05, 3.63) is 53.6 Å². The van der Waals surface area contributed by atoms with Crippen LogP contribution in [0.1, 0.15) is 22.8 Å². The van der Waals surface area contributed by atoms with Crippen LogP contribution >= 0.6 is 0 Å². The Labute approximate surface area is 147 Å². The summed E-state index contributed by atoms with van der Waals surface area (Å²) in [6.07, 6.45) is 0.777. The highest BCUT2D eigenvalue weighted by Crippen LogP contribution is 2.31. The number of amides is 1. The van der Waals surface area contributed by atoms with Gasteiger partial charge in [-0.2, -0.15) is 0 Å². The third-order valence-electron chi connectivity index (χ3n) is 4.18. The molecule has 0 fully saturated rings. The van der Waals surface area contributed by atoms with Gasteiger partial charge in [0.05, 0.1) is 17.6 Å². The van der Waals surface area contributed by atoms with Crippen molar-refractivity contribution in [1.82, 2.24) is 4.72 Å². The number of carbonyl (C=O) groups excluding carboxylic acids is 1. The lowest BCUT2D eigenvalue weighted by atomic mass is 10.1. The first-order chi connectivity index (χ1) is 12.0. The van der Waals surface area contributed by atoms with Gasteiger partial charge in [0.1, 0.15) is 5.75 Å². The van der Waals surface area contributed by atoms with Crippen LogP contribution in [0.3, 0.4) is 0 Å². The summed E-state index contributed by atoms with van der Waals surface area (Å²) in [5.41, 5.74) is 2.19. The molecule has 1 heterocycles. The summed E-state index contributed by atoms with van der Waals surface area (Å²) >= 11 is 0. The monoisotopic (exact) mass is 360 g/mol. The van der Waals surface area contributed by atoms with Crippen LogP contribution in [0.25, 0.3) is 0 Å². The molecular formula is C18H20N2O4S. The summed E-state index contributed by atoms with van der Waals surface area (Å²) in [5.74, 6) is 0.0835. The van der Waals surface area contributed by atoms with E-state index in [1.54, 1.807) is 11.8 Å². The van der Waals surface area contributed by atoms with Crippen molar-refractivity contribution in [3.8, 4) is 5.75 Å². The topological polar surface area (TPSA) is 75.7 Å². The van der Waals surface area contributed by atoms with Crippen molar-refractivity contribution >= 4 is 21.6 Å². The van der Waals surface area contributed by atoms with Crippen molar-refractivity contribution in [2.45, 2.75) is 18.2 Å². The zero-order valence-electron chi connectivity index (χ0n) is 14.2. The van der Waals surface area contributed by atoms with E-state index in [2.05, 4.69) is 4.72 Å². The Kier molecular flexibility index (Phi) is 4.78. The largest absolute Gasteiger partial charge is 0.496 e. The number of rotatable bonds is 5. The molecule has 1 aliphatic rings. The van der Waals surface area contributed by atoms with Crippen LogP contribution in [0.15, 0.2) is 47.4 Å². The standard InChI is InChI=1S/C18H20N2O4S/c1-3-19-25(22,23)14-8-9-17(24-2)15(12-14)18(21)20-11-10-13-6-4-5-7-16(13)20/h4-9,12,19H,3,10-11H2,1-2H3. The number of nitrogens with zero attached hydrogens (tertiary/aromatic N) is 1. The minimum Gasteiger partial charge on any atom is -0.496 e. The Morgan fingerprint density at radius 2 is 2.00 bits per heavy atom. The fourth-order valence-corrected chi connectivity index (χ4v) is 4.06. The van der Waals surface area contributed by atoms with Gasteiger partial charge in [-0.3, -0.25) is 4.79 Å². The third-order valence-corrected chi connectivity index (χ3v) is 5.72. The van der Waals surface area contributed by atoms with Gasteiger partial charge in [0.15, 0.2) is 0 Å². The zero-order valence-corrected chi connectivity index (χ0v) is 15.0. The molecule has 3 rings (SSSR count).